The average Bonchev–Trinajstić information content (AvgIpc) is 2.01. The van der Waals surface area contributed by atoms with Crippen LogP contribution < -0.4 is 0 Å². The summed E-state index contributed by atoms with van der Waals surface area (Å²) in [6.45, 7) is 2.56. The molecule has 0 amide bonds. The van der Waals surface area contributed by atoms with Crippen LogP contribution in [0.3, 0.4) is 0 Å². The molecule has 0 N–H and O–H groups in total. The van der Waals surface area contributed by atoms with Gasteiger partial charge in [-0.15, -0.1) is 0 Å². The summed E-state index contributed by atoms with van der Waals surface area (Å²) in [5.41, 5.74) is -0.355. The number of nitrogens with zero attached hydrogens (tertiary/aromatic N) is 1. The number of nitro groups is 1. The molecule has 0 spiro atoms. The van der Waals surface area contributed by atoms with Crippen LogP contribution in [0.5, 0.6) is 0 Å². The van der Waals surface area contributed by atoms with E-state index in [1.165, 1.54) is 13.8 Å². The highest BCUT2D eigenvalue weighted by Gasteiger charge is 2.21. The molecular formula is C9H8FNO3. The molecule has 0 atom stereocenters. The van der Waals surface area contributed by atoms with Crippen molar-refractivity contribution in [2.45, 2.75) is 13.8 Å². The maximum Gasteiger partial charge on any atom is 0.283 e. The van der Waals surface area contributed by atoms with Gasteiger partial charge in [-0.1, -0.05) is 0 Å². The summed E-state index contributed by atoms with van der Waals surface area (Å²) in [5, 5.41) is 10.6. The van der Waals surface area contributed by atoms with Crippen molar-refractivity contribution in [3.8, 4) is 0 Å². The molecule has 1 aromatic carbocycles. The van der Waals surface area contributed by atoms with Crippen LogP contribution in [0.15, 0.2) is 12.1 Å². The summed E-state index contributed by atoms with van der Waals surface area (Å²) in [6.07, 6.45) is 0. The van der Waals surface area contributed by atoms with Gasteiger partial charge in [0.05, 0.1) is 10.5 Å². The lowest BCUT2D eigenvalue weighted by Gasteiger charge is -2.02. The summed E-state index contributed by atoms with van der Waals surface area (Å²) in [4.78, 5) is 20.9. The van der Waals surface area contributed by atoms with E-state index in [0.717, 1.165) is 12.1 Å². The maximum absolute atomic E-state index is 12.9. The zero-order valence-electron chi connectivity index (χ0n) is 7.70. The third-order valence-electron chi connectivity index (χ3n) is 1.83. The third-order valence-corrected chi connectivity index (χ3v) is 1.83. The first-order valence-electron chi connectivity index (χ1n) is 3.89. The van der Waals surface area contributed by atoms with Crippen molar-refractivity contribution in [3.05, 3.63) is 39.2 Å². The van der Waals surface area contributed by atoms with Gasteiger partial charge in [0, 0.05) is 5.56 Å². The van der Waals surface area contributed by atoms with Gasteiger partial charge in [0.2, 0.25) is 0 Å². The van der Waals surface area contributed by atoms with Crippen molar-refractivity contribution in [2.24, 2.45) is 0 Å². The maximum atomic E-state index is 12.9. The fraction of sp³-hybridized carbons (Fsp3) is 0.222. The van der Waals surface area contributed by atoms with Crippen molar-refractivity contribution >= 4 is 11.5 Å². The molecule has 5 heteroatoms. The predicted octanol–water partition coefficient (Wildman–Crippen LogP) is 2.24. The van der Waals surface area contributed by atoms with Crippen LogP contribution in [-0.2, 0) is 0 Å². The van der Waals surface area contributed by atoms with E-state index in [2.05, 4.69) is 0 Å². The molecule has 0 bridgehead atoms. The van der Waals surface area contributed by atoms with Gasteiger partial charge in [0.25, 0.3) is 5.69 Å². The molecule has 0 heterocycles. The number of carbonyl (C=O) groups is 1. The van der Waals surface area contributed by atoms with Crippen molar-refractivity contribution < 1.29 is 14.1 Å². The standard InChI is InChI=1S/C9H8FNO3/c1-5-3-7(10)4-8(6(2)12)9(5)11(13)14/h3-4H,1-2H3. The Morgan fingerprint density at radius 3 is 2.50 bits per heavy atom. The van der Waals surface area contributed by atoms with E-state index in [1.54, 1.807) is 0 Å². The summed E-state index contributed by atoms with van der Waals surface area (Å²) in [7, 11) is 0. The van der Waals surface area contributed by atoms with Gasteiger partial charge in [-0.2, -0.15) is 0 Å². The van der Waals surface area contributed by atoms with E-state index in [9.17, 15) is 19.3 Å². The van der Waals surface area contributed by atoms with Crippen molar-refractivity contribution in [1.29, 1.82) is 0 Å². The number of nitro benzene ring substituents is 1. The SMILES string of the molecule is CC(=O)c1cc(F)cc(C)c1[N+](=O)[O-]. The second-order valence-corrected chi connectivity index (χ2v) is 2.93. The molecule has 0 unspecified atom stereocenters. The van der Waals surface area contributed by atoms with Crippen LogP contribution in [-0.4, -0.2) is 10.7 Å². The molecule has 0 radical (unpaired) electrons. The Morgan fingerprint density at radius 1 is 1.50 bits per heavy atom. The van der Waals surface area contributed by atoms with Crippen LogP contribution in [0.2, 0.25) is 0 Å². The largest absolute Gasteiger partial charge is 0.294 e. The number of rotatable bonds is 2. The Labute approximate surface area is 79.5 Å². The lowest BCUT2D eigenvalue weighted by molar-refractivity contribution is -0.385. The van der Waals surface area contributed by atoms with Crippen LogP contribution in [0.25, 0.3) is 0 Å². The van der Waals surface area contributed by atoms with Crippen LogP contribution >= 0.6 is 0 Å². The molecule has 4 nitrogen and oxygen atoms in total. The first kappa shape index (κ1) is 10.3. The van der Waals surface area contributed by atoms with E-state index >= 15 is 0 Å². The van der Waals surface area contributed by atoms with Gasteiger partial charge >= 0.3 is 0 Å². The van der Waals surface area contributed by atoms with E-state index in [1.807, 2.05) is 0 Å². The second kappa shape index (κ2) is 3.53. The van der Waals surface area contributed by atoms with Gasteiger partial charge in [-0.05, 0) is 26.0 Å². The van der Waals surface area contributed by atoms with Crippen molar-refractivity contribution in [3.63, 3.8) is 0 Å². The molecule has 1 rings (SSSR count). The molecule has 0 saturated carbocycles. The van der Waals surface area contributed by atoms with E-state index in [0.29, 0.717) is 0 Å². The van der Waals surface area contributed by atoms with Gasteiger partial charge < -0.3 is 0 Å². The highest BCUT2D eigenvalue weighted by Crippen LogP contribution is 2.24. The number of Topliss-reactive ketones (excluding diaryl/α,β-unsaturated/α-hetero) is 1. The Balaban J connectivity index is 3.52. The fourth-order valence-electron chi connectivity index (χ4n) is 1.25. The molecule has 0 aliphatic rings. The Bertz CT molecular complexity index is 415. The number of hydrogen-bond acceptors (Lipinski definition) is 3. The number of halogens is 1. The molecule has 0 aromatic heterocycles. The lowest BCUT2D eigenvalue weighted by atomic mass is 10.1. The normalized spacial score (nSPS) is 9.93. The summed E-state index contributed by atoms with van der Waals surface area (Å²) in [5.74, 6) is -1.15. The highest BCUT2D eigenvalue weighted by molar-refractivity contribution is 5.98. The summed E-state index contributed by atoms with van der Waals surface area (Å²) in [6, 6.07) is 1.91. The molecule has 14 heavy (non-hydrogen) atoms. The minimum atomic E-state index is -0.675. The van der Waals surface area contributed by atoms with Gasteiger partial charge in [-0.25, -0.2) is 4.39 Å². The minimum absolute atomic E-state index is 0.153. The second-order valence-electron chi connectivity index (χ2n) is 2.93. The first-order valence-corrected chi connectivity index (χ1v) is 3.89. The van der Waals surface area contributed by atoms with Crippen LogP contribution in [0.1, 0.15) is 22.8 Å². The van der Waals surface area contributed by atoms with Gasteiger partial charge in [-0.3, -0.25) is 14.9 Å². The number of hydrogen-bond donors (Lipinski definition) is 0. The minimum Gasteiger partial charge on any atom is -0.294 e. The molecule has 1 aromatic rings. The molecule has 0 saturated heterocycles. The lowest BCUT2D eigenvalue weighted by Crippen LogP contribution is -2.03. The zero-order valence-corrected chi connectivity index (χ0v) is 7.70. The van der Waals surface area contributed by atoms with Gasteiger partial charge in [0.1, 0.15) is 5.82 Å². The number of ketones is 1. The van der Waals surface area contributed by atoms with Crippen LogP contribution in [0, 0.1) is 22.9 Å². The molecule has 74 valence electrons. The summed E-state index contributed by atoms with van der Waals surface area (Å²) < 4.78 is 12.9. The topological polar surface area (TPSA) is 60.2 Å². The zero-order chi connectivity index (χ0) is 10.9. The number of carbonyl (C=O) groups excluding carboxylic acids is 1. The monoisotopic (exact) mass is 197 g/mol. The predicted molar refractivity (Wildman–Crippen MR) is 47.8 cm³/mol. The Hall–Kier alpha value is -1.78. The van der Waals surface area contributed by atoms with E-state index < -0.39 is 16.5 Å². The third kappa shape index (κ3) is 1.76. The van der Waals surface area contributed by atoms with Crippen molar-refractivity contribution in [1.82, 2.24) is 0 Å². The Morgan fingerprint density at radius 2 is 2.07 bits per heavy atom. The van der Waals surface area contributed by atoms with E-state index in [-0.39, 0.29) is 16.8 Å². The number of benzene rings is 1. The van der Waals surface area contributed by atoms with E-state index in [4.69, 9.17) is 0 Å². The molecule has 0 fully saturated rings. The molecule has 0 aliphatic heterocycles. The number of aryl methyl sites for hydroxylation is 1. The smallest absolute Gasteiger partial charge is 0.283 e. The molecule has 0 aliphatic carbocycles. The molecular weight excluding hydrogens is 189 g/mol. The first-order chi connectivity index (χ1) is 6.43. The van der Waals surface area contributed by atoms with Crippen LogP contribution in [0.4, 0.5) is 10.1 Å². The van der Waals surface area contributed by atoms with Crippen molar-refractivity contribution in [2.75, 3.05) is 0 Å². The highest BCUT2D eigenvalue weighted by atomic mass is 19.1. The summed E-state index contributed by atoms with van der Waals surface area (Å²) >= 11 is 0. The average molecular weight is 197 g/mol. The Kier molecular flexibility index (Phi) is 2.60. The van der Waals surface area contributed by atoms with Gasteiger partial charge in [0.15, 0.2) is 5.78 Å². The fourth-order valence-corrected chi connectivity index (χ4v) is 1.25. The quantitative estimate of drug-likeness (QED) is 0.415.